The number of halogens is 4. The number of aromatic nitrogens is 1. The molecule has 5 aromatic rings. The van der Waals surface area contributed by atoms with E-state index in [4.69, 9.17) is 0 Å². The zero-order valence-corrected chi connectivity index (χ0v) is 15.0. The smallest absolute Gasteiger partial charge is 0.243 e. The van der Waals surface area contributed by atoms with E-state index in [1.165, 1.54) is 18.2 Å². The maximum Gasteiger partial charge on any atom is 0.433 e. The fraction of sp³-hybridized carbons (Fsp3) is 0.0417. The Hall–Kier alpha value is -3.47. The standard InChI is InChI=1S/C24H13F4N/c25-15-10-11-21-19(12-15)22-17-9-5-4-8-16(17)18(14-6-2-1-3-7-14)13-20(22)23(29-21)24(26,27)28/h1-13H. The van der Waals surface area contributed by atoms with Gasteiger partial charge in [-0.3, -0.25) is 0 Å². The average Bonchev–Trinajstić information content (AvgIpc) is 2.72. The van der Waals surface area contributed by atoms with E-state index in [-0.39, 0.29) is 10.9 Å². The summed E-state index contributed by atoms with van der Waals surface area (Å²) < 4.78 is 55.8. The number of pyridine rings is 1. The van der Waals surface area contributed by atoms with Gasteiger partial charge in [0.15, 0.2) is 5.69 Å². The molecule has 0 N–H and O–H groups in total. The van der Waals surface area contributed by atoms with Gasteiger partial charge in [-0.05, 0) is 46.2 Å². The molecule has 0 aliphatic rings. The van der Waals surface area contributed by atoms with Gasteiger partial charge in [0.25, 0.3) is 0 Å². The number of hydrogen-bond donors (Lipinski definition) is 0. The minimum atomic E-state index is -4.64. The molecule has 0 fully saturated rings. The minimum absolute atomic E-state index is 0.0341. The third-order valence-electron chi connectivity index (χ3n) is 5.11. The zero-order valence-electron chi connectivity index (χ0n) is 15.0. The molecule has 0 atom stereocenters. The van der Waals surface area contributed by atoms with Gasteiger partial charge >= 0.3 is 6.18 Å². The Balaban J connectivity index is 2.07. The first-order chi connectivity index (χ1) is 13.9. The van der Waals surface area contributed by atoms with Crippen LogP contribution in [0.1, 0.15) is 5.69 Å². The maximum absolute atomic E-state index is 14.0. The van der Waals surface area contributed by atoms with Gasteiger partial charge in [0.2, 0.25) is 0 Å². The van der Waals surface area contributed by atoms with E-state index in [2.05, 4.69) is 4.98 Å². The van der Waals surface area contributed by atoms with Crippen LogP contribution in [-0.4, -0.2) is 4.98 Å². The third-order valence-corrected chi connectivity index (χ3v) is 5.11. The Morgan fingerprint density at radius 1 is 0.655 bits per heavy atom. The Labute approximate surface area is 163 Å². The molecule has 29 heavy (non-hydrogen) atoms. The first-order valence-electron chi connectivity index (χ1n) is 9.01. The Bertz CT molecular complexity index is 1390. The molecule has 0 aliphatic heterocycles. The summed E-state index contributed by atoms with van der Waals surface area (Å²) in [4.78, 5) is 3.87. The van der Waals surface area contributed by atoms with Crippen LogP contribution in [-0.2, 0) is 6.18 Å². The van der Waals surface area contributed by atoms with E-state index in [1.807, 2.05) is 42.5 Å². The van der Waals surface area contributed by atoms with Gasteiger partial charge in [0, 0.05) is 16.2 Å². The molecule has 0 spiro atoms. The van der Waals surface area contributed by atoms with Crippen LogP contribution in [0.25, 0.3) is 43.6 Å². The molecule has 0 aliphatic carbocycles. The van der Waals surface area contributed by atoms with Gasteiger partial charge in [0.05, 0.1) is 5.52 Å². The van der Waals surface area contributed by atoms with Crippen molar-refractivity contribution in [3.63, 3.8) is 0 Å². The van der Waals surface area contributed by atoms with E-state index in [1.54, 1.807) is 12.1 Å². The van der Waals surface area contributed by atoms with E-state index >= 15 is 0 Å². The molecular formula is C24H13F4N. The quantitative estimate of drug-likeness (QED) is 0.215. The van der Waals surface area contributed by atoms with Gasteiger partial charge in [-0.1, -0.05) is 54.6 Å². The Kier molecular flexibility index (Phi) is 3.81. The number of fused-ring (bicyclic) bond motifs is 5. The molecule has 0 amide bonds. The fourth-order valence-electron chi connectivity index (χ4n) is 3.91. The Morgan fingerprint density at radius 2 is 1.34 bits per heavy atom. The largest absolute Gasteiger partial charge is 0.433 e. The average molecular weight is 391 g/mol. The van der Waals surface area contributed by atoms with Crippen molar-refractivity contribution in [2.24, 2.45) is 0 Å². The molecule has 5 rings (SSSR count). The first-order valence-corrected chi connectivity index (χ1v) is 9.01. The number of hydrogen-bond acceptors (Lipinski definition) is 1. The van der Waals surface area contributed by atoms with Crippen molar-refractivity contribution in [3.8, 4) is 11.1 Å². The molecule has 0 saturated carbocycles. The predicted molar refractivity (Wildman–Crippen MR) is 107 cm³/mol. The summed E-state index contributed by atoms with van der Waals surface area (Å²) in [5, 5.41) is 2.12. The predicted octanol–water partition coefficient (Wildman–Crippen LogP) is 7.37. The normalized spacial score (nSPS) is 12.1. The monoisotopic (exact) mass is 391 g/mol. The van der Waals surface area contributed by atoms with Crippen molar-refractivity contribution in [1.29, 1.82) is 0 Å². The number of benzene rings is 4. The molecular weight excluding hydrogens is 378 g/mol. The highest BCUT2D eigenvalue weighted by Crippen LogP contribution is 2.43. The molecule has 4 aromatic carbocycles. The van der Waals surface area contributed by atoms with Gasteiger partial charge in [0.1, 0.15) is 5.82 Å². The molecule has 142 valence electrons. The molecule has 0 unspecified atom stereocenters. The first kappa shape index (κ1) is 17.6. The third kappa shape index (κ3) is 2.81. The highest BCUT2D eigenvalue weighted by atomic mass is 19.4. The van der Waals surface area contributed by atoms with E-state index in [0.29, 0.717) is 21.7 Å². The second kappa shape index (κ2) is 6.27. The fourth-order valence-corrected chi connectivity index (χ4v) is 3.91. The lowest BCUT2D eigenvalue weighted by Gasteiger charge is -2.17. The lowest BCUT2D eigenvalue weighted by Crippen LogP contribution is -2.09. The summed E-state index contributed by atoms with van der Waals surface area (Å²) in [5.74, 6) is -0.517. The van der Waals surface area contributed by atoms with Crippen molar-refractivity contribution in [2.75, 3.05) is 0 Å². The molecule has 1 nitrogen and oxygen atoms in total. The molecule has 5 heteroatoms. The highest BCUT2D eigenvalue weighted by molar-refractivity contribution is 6.23. The van der Waals surface area contributed by atoms with Gasteiger partial charge in [-0.25, -0.2) is 9.37 Å². The van der Waals surface area contributed by atoms with Gasteiger partial charge < -0.3 is 0 Å². The van der Waals surface area contributed by atoms with Crippen LogP contribution in [0.5, 0.6) is 0 Å². The van der Waals surface area contributed by atoms with Crippen LogP contribution in [0.15, 0.2) is 78.9 Å². The van der Waals surface area contributed by atoms with Crippen molar-refractivity contribution in [1.82, 2.24) is 4.98 Å². The van der Waals surface area contributed by atoms with Crippen LogP contribution in [0.3, 0.4) is 0 Å². The number of rotatable bonds is 1. The summed E-state index contributed by atoms with van der Waals surface area (Å²) in [6.45, 7) is 0. The van der Waals surface area contributed by atoms with Crippen molar-refractivity contribution >= 4 is 32.4 Å². The second-order valence-electron chi connectivity index (χ2n) is 6.88. The molecule has 1 heterocycles. The van der Waals surface area contributed by atoms with E-state index in [0.717, 1.165) is 17.0 Å². The topological polar surface area (TPSA) is 12.9 Å². The molecule has 0 radical (unpaired) electrons. The van der Waals surface area contributed by atoms with Crippen LogP contribution < -0.4 is 0 Å². The van der Waals surface area contributed by atoms with Gasteiger partial charge in [-0.15, -0.1) is 0 Å². The van der Waals surface area contributed by atoms with Crippen LogP contribution in [0.4, 0.5) is 17.6 Å². The summed E-state index contributed by atoms with van der Waals surface area (Å²) in [5.41, 5.74) is 0.633. The highest BCUT2D eigenvalue weighted by Gasteiger charge is 2.36. The summed E-state index contributed by atoms with van der Waals surface area (Å²) in [6.07, 6.45) is -4.64. The lowest BCUT2D eigenvalue weighted by molar-refractivity contribution is -0.139. The molecule has 0 saturated heterocycles. The number of nitrogens with zero attached hydrogens (tertiary/aromatic N) is 1. The number of alkyl halides is 3. The summed E-state index contributed by atoms with van der Waals surface area (Å²) >= 11 is 0. The SMILES string of the molecule is Fc1ccc2nc(C(F)(F)F)c3cc(-c4ccccc4)c4ccccc4c3c2c1. The van der Waals surface area contributed by atoms with Crippen molar-refractivity contribution in [2.45, 2.75) is 6.18 Å². The minimum Gasteiger partial charge on any atom is -0.243 e. The Morgan fingerprint density at radius 3 is 2.07 bits per heavy atom. The summed E-state index contributed by atoms with van der Waals surface area (Å²) in [7, 11) is 0. The lowest BCUT2D eigenvalue weighted by atomic mass is 9.91. The second-order valence-corrected chi connectivity index (χ2v) is 6.88. The summed E-state index contributed by atoms with van der Waals surface area (Å²) in [6, 6.07) is 21.7. The maximum atomic E-state index is 14.0. The van der Waals surface area contributed by atoms with Gasteiger partial charge in [-0.2, -0.15) is 13.2 Å². The van der Waals surface area contributed by atoms with E-state index in [9.17, 15) is 17.6 Å². The van der Waals surface area contributed by atoms with Crippen molar-refractivity contribution in [3.05, 3.63) is 90.4 Å². The van der Waals surface area contributed by atoms with Crippen LogP contribution in [0.2, 0.25) is 0 Å². The molecule has 0 bridgehead atoms. The van der Waals surface area contributed by atoms with E-state index < -0.39 is 17.7 Å². The van der Waals surface area contributed by atoms with Crippen LogP contribution >= 0.6 is 0 Å². The zero-order chi connectivity index (χ0) is 20.2. The van der Waals surface area contributed by atoms with Crippen molar-refractivity contribution < 1.29 is 17.6 Å². The molecule has 1 aromatic heterocycles. The van der Waals surface area contributed by atoms with Crippen LogP contribution in [0, 0.1) is 5.82 Å².